The minimum atomic E-state index is -0.171. The highest BCUT2D eigenvalue weighted by atomic mass is 16.6. The third-order valence-corrected chi connectivity index (χ3v) is 5.49. The van der Waals surface area contributed by atoms with E-state index < -0.39 is 0 Å². The van der Waals surface area contributed by atoms with Gasteiger partial charge < -0.3 is 19.4 Å². The Morgan fingerprint density at radius 2 is 1.82 bits per heavy atom. The second-order valence-corrected chi connectivity index (χ2v) is 8.08. The van der Waals surface area contributed by atoms with Crippen LogP contribution >= 0.6 is 0 Å². The van der Waals surface area contributed by atoms with Crippen LogP contribution in [-0.2, 0) is 9.57 Å². The molecule has 0 saturated carbocycles. The van der Waals surface area contributed by atoms with E-state index in [9.17, 15) is 4.79 Å². The summed E-state index contributed by atoms with van der Waals surface area (Å²) >= 11 is 0. The predicted octanol–water partition coefficient (Wildman–Crippen LogP) is 4.93. The van der Waals surface area contributed by atoms with Gasteiger partial charge in [0.1, 0.15) is 6.10 Å². The standard InChI is InChI=1S/C22H43N3O3/c1-7-10-14-25(22(26)27-9-3)15-11-19(6)24-16-12-20(13-17-24)21(8-2)23-28-18(4)5/h18-20H,7-17H2,1-6H3. The van der Waals surface area contributed by atoms with Crippen LogP contribution in [0.2, 0.25) is 0 Å². The van der Waals surface area contributed by atoms with Crippen LogP contribution in [-0.4, -0.2) is 66.5 Å². The largest absolute Gasteiger partial charge is 0.450 e. The van der Waals surface area contributed by atoms with Crippen molar-refractivity contribution in [2.45, 2.75) is 92.2 Å². The Morgan fingerprint density at radius 3 is 2.36 bits per heavy atom. The molecule has 1 heterocycles. The van der Waals surface area contributed by atoms with Gasteiger partial charge in [0.2, 0.25) is 0 Å². The van der Waals surface area contributed by atoms with E-state index in [-0.39, 0.29) is 12.2 Å². The quantitative estimate of drug-likeness (QED) is 0.346. The summed E-state index contributed by atoms with van der Waals surface area (Å²) in [5.41, 5.74) is 1.20. The van der Waals surface area contributed by atoms with Gasteiger partial charge in [0.15, 0.2) is 0 Å². The first-order valence-corrected chi connectivity index (χ1v) is 11.3. The molecule has 164 valence electrons. The first kappa shape index (κ1) is 24.7. The van der Waals surface area contributed by atoms with Gasteiger partial charge in [-0.05, 0) is 72.9 Å². The number of hydrogen-bond donors (Lipinski definition) is 0. The van der Waals surface area contributed by atoms with E-state index in [4.69, 9.17) is 9.57 Å². The Hall–Kier alpha value is -1.30. The zero-order chi connectivity index (χ0) is 20.9. The molecule has 1 rings (SSSR count). The maximum atomic E-state index is 12.2. The summed E-state index contributed by atoms with van der Waals surface area (Å²) in [4.78, 5) is 22.1. The number of piperidine rings is 1. The van der Waals surface area contributed by atoms with E-state index in [0.717, 1.165) is 64.7 Å². The molecule has 0 aliphatic carbocycles. The number of rotatable bonds is 12. The average molecular weight is 398 g/mol. The number of carbonyl (C=O) groups is 1. The van der Waals surface area contributed by atoms with Crippen molar-refractivity contribution in [2.24, 2.45) is 11.1 Å². The highest BCUT2D eigenvalue weighted by molar-refractivity contribution is 5.86. The van der Waals surface area contributed by atoms with E-state index in [1.165, 1.54) is 5.71 Å². The number of hydrogen-bond acceptors (Lipinski definition) is 5. The molecule has 1 fully saturated rings. The minimum Gasteiger partial charge on any atom is -0.450 e. The Balaban J connectivity index is 2.48. The molecule has 1 amide bonds. The molecular formula is C22H43N3O3. The monoisotopic (exact) mass is 397 g/mol. The molecule has 1 aliphatic rings. The van der Waals surface area contributed by atoms with E-state index in [2.05, 4.69) is 30.8 Å². The number of likely N-dealkylation sites (tertiary alicyclic amines) is 1. The van der Waals surface area contributed by atoms with Crippen LogP contribution in [0.5, 0.6) is 0 Å². The SMILES string of the molecule is CCCCN(CCC(C)N1CCC(C(CC)=NOC(C)C)CC1)C(=O)OCC. The Morgan fingerprint density at radius 1 is 1.14 bits per heavy atom. The first-order valence-electron chi connectivity index (χ1n) is 11.3. The fourth-order valence-corrected chi connectivity index (χ4v) is 3.66. The number of amides is 1. The molecule has 0 N–H and O–H groups in total. The topological polar surface area (TPSA) is 54.4 Å². The predicted molar refractivity (Wildman–Crippen MR) is 116 cm³/mol. The van der Waals surface area contributed by atoms with Gasteiger partial charge in [-0.2, -0.15) is 0 Å². The number of carbonyl (C=O) groups excluding carboxylic acids is 1. The molecule has 0 bridgehead atoms. The van der Waals surface area contributed by atoms with E-state index in [0.29, 0.717) is 18.6 Å². The van der Waals surface area contributed by atoms with Gasteiger partial charge in [0, 0.05) is 25.0 Å². The van der Waals surface area contributed by atoms with Gasteiger partial charge in [-0.1, -0.05) is 25.4 Å². The molecule has 0 spiro atoms. The highest BCUT2D eigenvalue weighted by Gasteiger charge is 2.26. The van der Waals surface area contributed by atoms with Gasteiger partial charge >= 0.3 is 6.09 Å². The van der Waals surface area contributed by atoms with Crippen molar-refractivity contribution in [3.8, 4) is 0 Å². The molecule has 6 nitrogen and oxygen atoms in total. The van der Waals surface area contributed by atoms with Crippen molar-refractivity contribution in [1.82, 2.24) is 9.80 Å². The maximum Gasteiger partial charge on any atom is 0.409 e. The summed E-state index contributed by atoms with van der Waals surface area (Å²) in [6, 6.07) is 0.466. The van der Waals surface area contributed by atoms with Gasteiger partial charge in [-0.3, -0.25) is 0 Å². The van der Waals surface area contributed by atoms with Crippen LogP contribution in [0, 0.1) is 5.92 Å². The fourth-order valence-electron chi connectivity index (χ4n) is 3.66. The third kappa shape index (κ3) is 8.80. The van der Waals surface area contributed by atoms with Crippen LogP contribution in [0.1, 0.15) is 80.1 Å². The number of oxime groups is 1. The van der Waals surface area contributed by atoms with Crippen molar-refractivity contribution in [3.05, 3.63) is 0 Å². The third-order valence-electron chi connectivity index (χ3n) is 5.49. The maximum absolute atomic E-state index is 12.2. The van der Waals surface area contributed by atoms with Crippen molar-refractivity contribution >= 4 is 11.8 Å². The van der Waals surface area contributed by atoms with Gasteiger partial charge in [0.25, 0.3) is 0 Å². The summed E-state index contributed by atoms with van der Waals surface area (Å²) < 4.78 is 5.22. The number of unbranched alkanes of at least 4 members (excludes halogenated alkanes) is 1. The molecule has 1 saturated heterocycles. The van der Waals surface area contributed by atoms with E-state index in [1.54, 1.807) is 0 Å². The number of ether oxygens (including phenoxy) is 1. The summed E-state index contributed by atoms with van der Waals surface area (Å²) in [6.07, 6.45) is 6.28. The molecule has 28 heavy (non-hydrogen) atoms. The first-order chi connectivity index (χ1) is 13.4. The highest BCUT2D eigenvalue weighted by Crippen LogP contribution is 2.23. The minimum absolute atomic E-state index is 0.136. The van der Waals surface area contributed by atoms with Gasteiger partial charge in [-0.15, -0.1) is 0 Å². The Bertz CT molecular complexity index is 460. The lowest BCUT2D eigenvalue weighted by atomic mass is 9.90. The van der Waals surface area contributed by atoms with E-state index >= 15 is 0 Å². The molecule has 1 unspecified atom stereocenters. The second kappa shape index (κ2) is 13.8. The summed E-state index contributed by atoms with van der Waals surface area (Å²) in [6.45, 7) is 16.6. The van der Waals surface area contributed by atoms with Crippen LogP contribution in [0.15, 0.2) is 5.16 Å². The summed E-state index contributed by atoms with van der Waals surface area (Å²) in [7, 11) is 0. The summed E-state index contributed by atoms with van der Waals surface area (Å²) in [5.74, 6) is 0.535. The molecule has 1 atom stereocenters. The van der Waals surface area contributed by atoms with E-state index in [1.807, 2.05) is 25.7 Å². The van der Waals surface area contributed by atoms with Crippen molar-refractivity contribution in [2.75, 3.05) is 32.8 Å². The normalized spacial score (nSPS) is 17.6. The smallest absolute Gasteiger partial charge is 0.409 e. The molecule has 0 aromatic carbocycles. The fraction of sp³-hybridized carbons (Fsp3) is 0.909. The molecular weight excluding hydrogens is 354 g/mol. The molecule has 0 radical (unpaired) electrons. The van der Waals surface area contributed by atoms with Crippen LogP contribution < -0.4 is 0 Å². The molecule has 6 heteroatoms. The van der Waals surface area contributed by atoms with Crippen molar-refractivity contribution in [3.63, 3.8) is 0 Å². The van der Waals surface area contributed by atoms with Crippen LogP contribution in [0.3, 0.4) is 0 Å². The van der Waals surface area contributed by atoms with Crippen molar-refractivity contribution in [1.29, 1.82) is 0 Å². The lowest BCUT2D eigenvalue weighted by molar-refractivity contribution is 0.0816. The average Bonchev–Trinajstić information content (AvgIpc) is 2.68. The molecule has 0 aromatic heterocycles. The molecule has 0 aromatic rings. The second-order valence-electron chi connectivity index (χ2n) is 8.08. The van der Waals surface area contributed by atoms with Gasteiger partial charge in [0.05, 0.1) is 12.3 Å². The zero-order valence-corrected chi connectivity index (χ0v) is 19.1. The Labute approximate surface area is 172 Å². The van der Waals surface area contributed by atoms with Crippen LogP contribution in [0.4, 0.5) is 4.79 Å². The van der Waals surface area contributed by atoms with Gasteiger partial charge in [-0.25, -0.2) is 4.79 Å². The molecule has 1 aliphatic heterocycles. The van der Waals surface area contributed by atoms with Crippen molar-refractivity contribution < 1.29 is 14.4 Å². The number of nitrogens with zero attached hydrogens (tertiary/aromatic N) is 3. The lowest BCUT2D eigenvalue weighted by Crippen LogP contribution is -2.43. The summed E-state index contributed by atoms with van der Waals surface area (Å²) in [5, 5.41) is 4.40. The Kier molecular flexibility index (Phi) is 12.2. The zero-order valence-electron chi connectivity index (χ0n) is 19.1. The van der Waals surface area contributed by atoms with Crippen LogP contribution in [0.25, 0.3) is 0 Å². The lowest BCUT2D eigenvalue weighted by Gasteiger charge is -2.37.